The van der Waals surface area contributed by atoms with Gasteiger partial charge in [-0.2, -0.15) is 10.2 Å². The molecule has 136 valence electrons. The summed E-state index contributed by atoms with van der Waals surface area (Å²) in [5.74, 6) is -0.207. The van der Waals surface area contributed by atoms with Gasteiger partial charge in [-0.05, 0) is 19.9 Å². The molecule has 7 nitrogen and oxygen atoms in total. The van der Waals surface area contributed by atoms with Crippen LogP contribution in [0.15, 0.2) is 48.9 Å². The number of nitrogens with zero attached hydrogens (tertiary/aromatic N) is 5. The lowest BCUT2D eigenvalue weighted by molar-refractivity contribution is 0.0952. The van der Waals surface area contributed by atoms with Crippen molar-refractivity contribution < 1.29 is 4.79 Å². The molecule has 0 fully saturated rings. The van der Waals surface area contributed by atoms with E-state index < -0.39 is 0 Å². The molecule has 0 aliphatic rings. The molecule has 0 atom stereocenters. The van der Waals surface area contributed by atoms with Crippen molar-refractivity contribution in [3.63, 3.8) is 0 Å². The molecule has 3 heterocycles. The second-order valence-electron chi connectivity index (χ2n) is 6.59. The highest BCUT2D eigenvalue weighted by molar-refractivity contribution is 5.99. The molecule has 7 heteroatoms. The fraction of sp³-hybridized carbons (Fsp3) is 0.200. The summed E-state index contributed by atoms with van der Waals surface area (Å²) in [6.45, 7) is 4.38. The summed E-state index contributed by atoms with van der Waals surface area (Å²) in [5, 5.41) is 11.6. The predicted octanol–water partition coefficient (Wildman–Crippen LogP) is 2.68. The highest BCUT2D eigenvalue weighted by Crippen LogP contribution is 2.21. The monoisotopic (exact) mass is 360 g/mol. The third-order valence-corrected chi connectivity index (χ3v) is 4.55. The molecule has 27 heavy (non-hydrogen) atoms. The molecular formula is C20H20N6O. The number of hydrogen-bond donors (Lipinski definition) is 1. The van der Waals surface area contributed by atoms with E-state index in [-0.39, 0.29) is 5.91 Å². The number of nitrogens with one attached hydrogen (secondary N) is 1. The lowest BCUT2D eigenvalue weighted by atomic mass is 10.1. The van der Waals surface area contributed by atoms with Crippen molar-refractivity contribution in [3.8, 4) is 11.3 Å². The standard InChI is InChI=1S/C20H20N6O/c1-13-4-6-15(7-5-13)18-8-9-21-19-17(11-23-26(18)19)20(27)22-10-16-12-25(3)24-14(16)2/h4-9,11-12H,10H2,1-3H3,(H,22,27). The van der Waals surface area contributed by atoms with Crippen molar-refractivity contribution in [2.24, 2.45) is 7.05 Å². The zero-order chi connectivity index (χ0) is 19.0. The van der Waals surface area contributed by atoms with Crippen LogP contribution in [-0.4, -0.2) is 30.3 Å². The van der Waals surface area contributed by atoms with Gasteiger partial charge >= 0.3 is 0 Å². The van der Waals surface area contributed by atoms with E-state index >= 15 is 0 Å². The van der Waals surface area contributed by atoms with Crippen LogP contribution in [0.1, 0.15) is 27.2 Å². The zero-order valence-corrected chi connectivity index (χ0v) is 15.5. The molecule has 0 bridgehead atoms. The van der Waals surface area contributed by atoms with E-state index in [1.54, 1.807) is 21.6 Å². The smallest absolute Gasteiger partial charge is 0.257 e. The third-order valence-electron chi connectivity index (χ3n) is 4.55. The number of fused-ring (bicyclic) bond motifs is 1. The van der Waals surface area contributed by atoms with Gasteiger partial charge in [-0.25, -0.2) is 9.50 Å². The van der Waals surface area contributed by atoms with Gasteiger partial charge in [0.05, 0.1) is 17.6 Å². The van der Waals surface area contributed by atoms with E-state index in [1.165, 1.54) is 5.56 Å². The molecule has 0 radical (unpaired) electrons. The fourth-order valence-electron chi connectivity index (χ4n) is 3.09. The Bertz CT molecular complexity index is 1120. The second-order valence-corrected chi connectivity index (χ2v) is 6.59. The van der Waals surface area contributed by atoms with Crippen molar-refractivity contribution in [1.82, 2.24) is 29.7 Å². The van der Waals surface area contributed by atoms with Crippen molar-refractivity contribution in [1.29, 1.82) is 0 Å². The maximum Gasteiger partial charge on any atom is 0.257 e. The minimum absolute atomic E-state index is 0.207. The average molecular weight is 360 g/mol. The van der Waals surface area contributed by atoms with Gasteiger partial charge in [-0.15, -0.1) is 0 Å². The molecule has 4 aromatic rings. The molecule has 0 saturated carbocycles. The van der Waals surface area contributed by atoms with Crippen molar-refractivity contribution in [2.45, 2.75) is 20.4 Å². The summed E-state index contributed by atoms with van der Waals surface area (Å²) in [6, 6.07) is 10.1. The van der Waals surface area contributed by atoms with Crippen molar-refractivity contribution in [3.05, 3.63) is 71.3 Å². The Balaban J connectivity index is 1.63. The van der Waals surface area contributed by atoms with Crippen LogP contribution in [0.2, 0.25) is 0 Å². The van der Waals surface area contributed by atoms with Crippen molar-refractivity contribution in [2.75, 3.05) is 0 Å². The first-order chi connectivity index (χ1) is 13.0. The molecule has 4 rings (SSSR count). The Kier molecular flexibility index (Phi) is 4.19. The van der Waals surface area contributed by atoms with Crippen LogP contribution >= 0.6 is 0 Å². The molecule has 0 spiro atoms. The number of aryl methyl sites for hydroxylation is 3. The van der Waals surface area contributed by atoms with Gasteiger partial charge in [0, 0.05) is 37.1 Å². The quantitative estimate of drug-likeness (QED) is 0.607. The van der Waals surface area contributed by atoms with Gasteiger partial charge in [0.25, 0.3) is 5.91 Å². The number of carbonyl (C=O) groups excluding carboxylic acids is 1. The van der Waals surface area contributed by atoms with E-state index in [9.17, 15) is 4.79 Å². The number of rotatable bonds is 4. The largest absolute Gasteiger partial charge is 0.348 e. The summed E-state index contributed by atoms with van der Waals surface area (Å²) >= 11 is 0. The fourth-order valence-corrected chi connectivity index (χ4v) is 3.09. The number of benzene rings is 1. The van der Waals surface area contributed by atoms with Crippen LogP contribution in [0.3, 0.4) is 0 Å². The molecule has 0 unspecified atom stereocenters. The first-order valence-electron chi connectivity index (χ1n) is 8.70. The minimum atomic E-state index is -0.207. The number of hydrogen-bond acceptors (Lipinski definition) is 4. The minimum Gasteiger partial charge on any atom is -0.348 e. The SMILES string of the molecule is Cc1ccc(-c2ccnc3c(C(=O)NCc4cn(C)nc4C)cnn23)cc1. The predicted molar refractivity (Wildman–Crippen MR) is 102 cm³/mol. The van der Waals surface area contributed by atoms with E-state index in [4.69, 9.17) is 0 Å². The number of aromatic nitrogens is 5. The van der Waals surface area contributed by atoms with Gasteiger partial charge in [-0.3, -0.25) is 9.48 Å². The Hall–Kier alpha value is -3.48. The van der Waals surface area contributed by atoms with Crippen LogP contribution in [0.5, 0.6) is 0 Å². The highest BCUT2D eigenvalue weighted by Gasteiger charge is 2.16. The third kappa shape index (κ3) is 3.19. The maximum atomic E-state index is 12.7. The molecule has 3 aromatic heterocycles. The van der Waals surface area contributed by atoms with Gasteiger partial charge < -0.3 is 5.32 Å². The first-order valence-corrected chi connectivity index (χ1v) is 8.70. The Morgan fingerprint density at radius 3 is 2.63 bits per heavy atom. The molecule has 0 aliphatic carbocycles. The van der Waals surface area contributed by atoms with E-state index in [1.807, 2.05) is 45.3 Å². The van der Waals surface area contributed by atoms with E-state index in [0.717, 1.165) is 22.5 Å². The van der Waals surface area contributed by atoms with Crippen LogP contribution in [0, 0.1) is 13.8 Å². The van der Waals surface area contributed by atoms with Crippen LogP contribution in [0.25, 0.3) is 16.9 Å². The number of carbonyl (C=O) groups is 1. The van der Waals surface area contributed by atoms with E-state index in [2.05, 4.69) is 32.6 Å². The summed E-state index contributed by atoms with van der Waals surface area (Å²) in [5.41, 5.74) is 5.97. The van der Waals surface area contributed by atoms with Gasteiger partial charge in [-0.1, -0.05) is 29.8 Å². The molecule has 1 amide bonds. The van der Waals surface area contributed by atoms with Crippen LogP contribution < -0.4 is 5.32 Å². The Morgan fingerprint density at radius 1 is 1.15 bits per heavy atom. The van der Waals surface area contributed by atoms with Gasteiger partial charge in [0.1, 0.15) is 5.56 Å². The topological polar surface area (TPSA) is 77.1 Å². The molecule has 1 aromatic carbocycles. The normalized spacial score (nSPS) is 11.1. The van der Waals surface area contributed by atoms with Gasteiger partial charge in [0.2, 0.25) is 0 Å². The molecule has 0 aliphatic heterocycles. The zero-order valence-electron chi connectivity index (χ0n) is 15.5. The summed E-state index contributed by atoms with van der Waals surface area (Å²) in [6.07, 6.45) is 5.17. The van der Waals surface area contributed by atoms with E-state index in [0.29, 0.717) is 17.8 Å². The maximum absolute atomic E-state index is 12.7. The second kappa shape index (κ2) is 6.68. The summed E-state index contributed by atoms with van der Waals surface area (Å²) in [7, 11) is 1.86. The molecular weight excluding hydrogens is 340 g/mol. The van der Waals surface area contributed by atoms with Gasteiger partial charge in [0.15, 0.2) is 5.65 Å². The van der Waals surface area contributed by atoms with Crippen LogP contribution in [-0.2, 0) is 13.6 Å². The summed E-state index contributed by atoms with van der Waals surface area (Å²) < 4.78 is 3.44. The molecule has 0 saturated heterocycles. The summed E-state index contributed by atoms with van der Waals surface area (Å²) in [4.78, 5) is 17.0. The average Bonchev–Trinajstić information content (AvgIpc) is 3.23. The lowest BCUT2D eigenvalue weighted by Crippen LogP contribution is -2.23. The van der Waals surface area contributed by atoms with Crippen LogP contribution in [0.4, 0.5) is 0 Å². The first kappa shape index (κ1) is 17.0. The highest BCUT2D eigenvalue weighted by atomic mass is 16.1. The van der Waals surface area contributed by atoms with Crippen molar-refractivity contribution >= 4 is 11.6 Å². The number of amides is 1. The molecule has 1 N–H and O–H groups in total. The Morgan fingerprint density at radius 2 is 1.93 bits per heavy atom. The lowest BCUT2D eigenvalue weighted by Gasteiger charge is -2.06. The Labute approximate surface area is 156 Å².